The molecule has 2 aliphatic heterocycles. The van der Waals surface area contributed by atoms with Crippen molar-refractivity contribution in [2.45, 2.75) is 120 Å². The second-order valence-electron chi connectivity index (χ2n) is 17.6. The van der Waals surface area contributed by atoms with Crippen molar-refractivity contribution in [3.63, 3.8) is 0 Å². The van der Waals surface area contributed by atoms with E-state index in [1.807, 2.05) is 42.7 Å². The molecule has 17 heteroatoms. The summed E-state index contributed by atoms with van der Waals surface area (Å²) < 4.78 is 68.6. The summed E-state index contributed by atoms with van der Waals surface area (Å²) in [5, 5.41) is 9.39. The van der Waals surface area contributed by atoms with Crippen LogP contribution in [0.15, 0.2) is 53.9 Å². The number of aromatic nitrogens is 2. The number of allylic oxidation sites excluding steroid dienone is 1. The van der Waals surface area contributed by atoms with Gasteiger partial charge in [0.25, 0.3) is 5.91 Å². The standard InChI is InChI=1S/C45H52F2N6O7S2/c1-25(2)35-24-61-41(50-35)34-21-38(30-14-16-37(59-5)26(3)39(30)49-34)60-29-20-36-40(54)51-45(43(56)52-62(57,58)44(4)17-18-44)22-27(45)11-9-7-6-8-10-12-33(42(55)53(36)23-29)48-28-13-15-31(46)32(47)19-28/h9,11,13-16,19,21,24-25,27,29,33,36,48H,6-8,10,12,17-18,20,22-23H2,1-5H3,(H,51,54)(H,52,56)/b11-9-/t27?,29-,33+,36+,45-/m1/s1. The molecule has 5 atom stereocenters. The van der Waals surface area contributed by atoms with Crippen LogP contribution in [0.4, 0.5) is 14.5 Å². The van der Waals surface area contributed by atoms with Crippen LogP contribution in [0.5, 0.6) is 11.5 Å². The summed E-state index contributed by atoms with van der Waals surface area (Å²) in [4.78, 5) is 54.9. The Kier molecular flexibility index (Phi) is 11.8. The molecular weight excluding hydrogens is 839 g/mol. The number of anilines is 1. The lowest BCUT2D eigenvalue weighted by Crippen LogP contribution is -2.58. The number of pyridine rings is 1. The number of carbonyl (C=O) groups excluding carboxylic acids is 3. The van der Waals surface area contributed by atoms with E-state index in [4.69, 9.17) is 19.4 Å². The Morgan fingerprint density at radius 1 is 1.05 bits per heavy atom. The van der Waals surface area contributed by atoms with E-state index in [0.717, 1.165) is 36.2 Å². The van der Waals surface area contributed by atoms with Gasteiger partial charge in [-0.3, -0.25) is 19.1 Å². The molecule has 0 spiro atoms. The van der Waals surface area contributed by atoms with Gasteiger partial charge in [-0.15, -0.1) is 11.3 Å². The second-order valence-corrected chi connectivity index (χ2v) is 20.6. The van der Waals surface area contributed by atoms with Gasteiger partial charge in [-0.2, -0.15) is 0 Å². The molecule has 3 N–H and O–H groups in total. The van der Waals surface area contributed by atoms with Crippen molar-refractivity contribution in [1.82, 2.24) is 24.9 Å². The number of ether oxygens (including phenoxy) is 2. The lowest BCUT2D eigenvalue weighted by molar-refractivity contribution is -0.140. The second kappa shape index (κ2) is 16.8. The lowest BCUT2D eigenvalue weighted by Gasteiger charge is -2.30. The van der Waals surface area contributed by atoms with Gasteiger partial charge in [0, 0.05) is 46.5 Å². The van der Waals surface area contributed by atoms with E-state index in [1.165, 1.54) is 22.3 Å². The fourth-order valence-electron chi connectivity index (χ4n) is 8.39. The summed E-state index contributed by atoms with van der Waals surface area (Å²) in [6.45, 7) is 7.58. The average molecular weight is 891 g/mol. The van der Waals surface area contributed by atoms with E-state index in [-0.39, 0.29) is 31.0 Å². The molecule has 1 saturated heterocycles. The summed E-state index contributed by atoms with van der Waals surface area (Å²) >= 11 is 1.46. The number of benzene rings is 2. The Bertz CT molecular complexity index is 2560. The van der Waals surface area contributed by atoms with Gasteiger partial charge in [-0.05, 0) is 82.6 Å². The number of methoxy groups -OCH3 is 1. The number of nitrogens with one attached hydrogen (secondary N) is 3. The van der Waals surface area contributed by atoms with Crippen molar-refractivity contribution in [3.05, 3.63) is 76.8 Å². The number of carbonyl (C=O) groups is 3. The van der Waals surface area contributed by atoms with E-state index in [2.05, 4.69) is 29.2 Å². The van der Waals surface area contributed by atoms with Gasteiger partial charge in [0.2, 0.25) is 21.8 Å². The maximum Gasteiger partial charge on any atom is 0.259 e. The number of nitrogens with zero attached hydrogens (tertiary/aromatic N) is 3. The first kappa shape index (κ1) is 43.5. The minimum Gasteiger partial charge on any atom is -0.496 e. The van der Waals surface area contributed by atoms with Gasteiger partial charge in [-0.1, -0.05) is 38.8 Å². The van der Waals surface area contributed by atoms with Crippen LogP contribution >= 0.6 is 11.3 Å². The normalized spacial score (nSPS) is 25.5. The number of thiazole rings is 1. The average Bonchev–Trinajstić information content (AvgIpc) is 4.00. The minimum absolute atomic E-state index is 0.0209. The zero-order valence-corrected chi connectivity index (χ0v) is 37.1. The molecule has 1 unspecified atom stereocenters. The summed E-state index contributed by atoms with van der Waals surface area (Å²) in [6, 6.07) is 6.72. The molecule has 3 fully saturated rings. The maximum atomic E-state index is 14.9. The monoisotopic (exact) mass is 890 g/mol. The Labute approximate surface area is 364 Å². The highest BCUT2D eigenvalue weighted by molar-refractivity contribution is 7.91. The maximum absolute atomic E-state index is 14.9. The zero-order chi connectivity index (χ0) is 44.1. The minimum atomic E-state index is -4.03. The number of sulfonamides is 1. The number of halogens is 2. The number of amides is 3. The molecule has 4 aliphatic rings. The van der Waals surface area contributed by atoms with Crippen LogP contribution in [0.3, 0.4) is 0 Å². The van der Waals surface area contributed by atoms with Crippen LogP contribution in [0.1, 0.15) is 95.7 Å². The van der Waals surface area contributed by atoms with Gasteiger partial charge in [-0.25, -0.2) is 27.2 Å². The quantitative estimate of drug-likeness (QED) is 0.138. The van der Waals surface area contributed by atoms with Gasteiger partial charge in [0.1, 0.15) is 45.9 Å². The highest BCUT2D eigenvalue weighted by Crippen LogP contribution is 2.48. The number of hydrogen-bond acceptors (Lipinski definition) is 11. The molecule has 0 bridgehead atoms. The Hall–Kier alpha value is -5.16. The van der Waals surface area contributed by atoms with Crippen LogP contribution in [0.25, 0.3) is 21.6 Å². The summed E-state index contributed by atoms with van der Waals surface area (Å²) in [7, 11) is -2.44. The van der Waals surface area contributed by atoms with Gasteiger partial charge < -0.3 is 25.0 Å². The van der Waals surface area contributed by atoms with E-state index in [9.17, 15) is 31.6 Å². The molecule has 2 saturated carbocycles. The fourth-order valence-corrected chi connectivity index (χ4v) is 10.6. The van der Waals surface area contributed by atoms with E-state index in [1.54, 1.807) is 14.0 Å². The van der Waals surface area contributed by atoms with Crippen LogP contribution in [-0.4, -0.2) is 83.1 Å². The topological polar surface area (TPSA) is 169 Å². The van der Waals surface area contributed by atoms with Crippen LogP contribution in [-0.2, 0) is 24.4 Å². The summed E-state index contributed by atoms with van der Waals surface area (Å²) in [5.41, 5.74) is 1.56. The van der Waals surface area contributed by atoms with Crippen LogP contribution in [0, 0.1) is 24.5 Å². The van der Waals surface area contributed by atoms with E-state index < -0.39 is 73.8 Å². The molecule has 2 aromatic carbocycles. The Morgan fingerprint density at radius 3 is 2.55 bits per heavy atom. The fraction of sp³-hybridized carbons (Fsp3) is 0.489. The third-order valence-electron chi connectivity index (χ3n) is 12.7. The van der Waals surface area contributed by atoms with Gasteiger partial charge in [0.15, 0.2) is 11.6 Å². The van der Waals surface area contributed by atoms with Crippen molar-refractivity contribution >= 4 is 55.7 Å². The predicted molar refractivity (Wildman–Crippen MR) is 232 cm³/mol. The molecule has 13 nitrogen and oxygen atoms in total. The molecule has 8 rings (SSSR count). The summed E-state index contributed by atoms with van der Waals surface area (Å²) in [5.74, 6) is -3.21. The van der Waals surface area contributed by atoms with E-state index in [0.29, 0.717) is 65.2 Å². The van der Waals surface area contributed by atoms with Crippen LogP contribution < -0.4 is 24.8 Å². The zero-order valence-electron chi connectivity index (χ0n) is 35.4. The van der Waals surface area contributed by atoms with Crippen molar-refractivity contribution in [2.75, 3.05) is 19.0 Å². The molecular formula is C45H52F2N6O7S2. The largest absolute Gasteiger partial charge is 0.496 e. The first-order valence-electron chi connectivity index (χ1n) is 21.2. The van der Waals surface area contributed by atoms with Crippen molar-refractivity contribution < 1.29 is 41.1 Å². The lowest BCUT2D eigenvalue weighted by atomic mass is 10.0. The number of hydrogen-bond donors (Lipinski definition) is 3. The molecule has 2 aromatic heterocycles. The highest BCUT2D eigenvalue weighted by Gasteiger charge is 2.63. The van der Waals surface area contributed by atoms with Crippen molar-refractivity contribution in [3.8, 4) is 22.2 Å². The molecule has 62 heavy (non-hydrogen) atoms. The van der Waals surface area contributed by atoms with Gasteiger partial charge >= 0.3 is 0 Å². The Morgan fingerprint density at radius 2 is 1.84 bits per heavy atom. The number of aryl methyl sites for hydroxylation is 1. The molecule has 2 aliphatic carbocycles. The van der Waals surface area contributed by atoms with Crippen LogP contribution in [0.2, 0.25) is 0 Å². The first-order valence-corrected chi connectivity index (χ1v) is 23.6. The predicted octanol–water partition coefficient (Wildman–Crippen LogP) is 7.30. The molecule has 4 aromatic rings. The Balaban J connectivity index is 1.16. The first-order chi connectivity index (χ1) is 29.5. The van der Waals surface area contributed by atoms with Gasteiger partial charge in [0.05, 0.1) is 29.6 Å². The molecule has 3 amide bonds. The number of rotatable bonds is 10. The number of fused-ring (bicyclic) bond motifs is 3. The SMILES string of the molecule is COc1ccc2c(O[C@@H]3C[C@H]4C(=O)N[C@]5(C(=O)NS(=O)(=O)C6(C)CC6)CC5/C=C\CCCCC[C@H](Nc5ccc(F)c(F)c5)C(=O)N4C3)cc(-c3nc(C(C)C)cs3)nc2c1C. The summed E-state index contributed by atoms with van der Waals surface area (Å²) in [6.07, 6.45) is 7.22. The molecule has 0 radical (unpaired) electrons. The molecule has 4 heterocycles. The highest BCUT2D eigenvalue weighted by atomic mass is 32.2. The smallest absolute Gasteiger partial charge is 0.259 e. The third kappa shape index (κ3) is 8.49. The third-order valence-corrected chi connectivity index (χ3v) is 15.8. The van der Waals surface area contributed by atoms with Crippen molar-refractivity contribution in [1.29, 1.82) is 0 Å². The van der Waals surface area contributed by atoms with E-state index >= 15 is 0 Å². The van der Waals surface area contributed by atoms with Crippen molar-refractivity contribution in [2.24, 2.45) is 5.92 Å². The molecule has 330 valence electrons.